The van der Waals surface area contributed by atoms with Gasteiger partial charge < -0.3 is 9.88 Å². The van der Waals surface area contributed by atoms with Gasteiger partial charge in [-0.15, -0.1) is 0 Å². The van der Waals surface area contributed by atoms with Crippen molar-refractivity contribution < 1.29 is 4.79 Å². The van der Waals surface area contributed by atoms with Gasteiger partial charge >= 0.3 is 0 Å². The number of pyridine rings is 1. The third-order valence-electron chi connectivity index (χ3n) is 4.84. The van der Waals surface area contributed by atoms with Crippen LogP contribution in [0.2, 0.25) is 5.02 Å². The molecule has 1 aromatic heterocycles. The molecule has 0 aliphatic carbocycles. The Bertz CT molecular complexity index is 1060. The van der Waals surface area contributed by atoms with Crippen LogP contribution in [0.1, 0.15) is 47.9 Å². The van der Waals surface area contributed by atoms with Gasteiger partial charge in [-0.25, -0.2) is 0 Å². The van der Waals surface area contributed by atoms with E-state index < -0.39 is 0 Å². The molecule has 1 N–H and O–H groups in total. The molecule has 0 spiro atoms. The van der Waals surface area contributed by atoms with E-state index in [-0.39, 0.29) is 16.9 Å². The highest BCUT2D eigenvalue weighted by Gasteiger charge is 2.21. The lowest BCUT2D eigenvalue weighted by molar-refractivity contribution is 0.102. The van der Waals surface area contributed by atoms with Crippen molar-refractivity contribution in [2.75, 3.05) is 5.32 Å². The highest BCUT2D eigenvalue weighted by Crippen LogP contribution is 2.22. The van der Waals surface area contributed by atoms with E-state index in [1.807, 2.05) is 54.0 Å². The Morgan fingerprint density at radius 1 is 1.03 bits per heavy atom. The third kappa shape index (κ3) is 4.96. The molecule has 0 aliphatic rings. The van der Waals surface area contributed by atoms with Crippen molar-refractivity contribution in [3.63, 3.8) is 0 Å². The average molecular weight is 409 g/mol. The fraction of sp³-hybridized carbons (Fsp3) is 0.250. The van der Waals surface area contributed by atoms with Crippen LogP contribution in [0.25, 0.3) is 5.69 Å². The number of amides is 1. The number of anilines is 1. The zero-order valence-corrected chi connectivity index (χ0v) is 17.5. The number of unbranched alkanes of at least 4 members (excludes halogenated alkanes) is 2. The van der Waals surface area contributed by atoms with E-state index in [1.165, 1.54) is 6.07 Å². The lowest BCUT2D eigenvalue weighted by Gasteiger charge is -2.20. The number of hydrogen-bond donors (Lipinski definition) is 1. The second-order valence-corrected chi connectivity index (χ2v) is 7.50. The van der Waals surface area contributed by atoms with Crippen LogP contribution >= 0.6 is 11.6 Å². The molecule has 29 heavy (non-hydrogen) atoms. The first-order chi connectivity index (χ1) is 14.0. The topological polar surface area (TPSA) is 51.1 Å². The summed E-state index contributed by atoms with van der Waals surface area (Å²) in [4.78, 5) is 26.0. The first-order valence-electron chi connectivity index (χ1n) is 9.89. The van der Waals surface area contributed by atoms with Crippen LogP contribution in [0.3, 0.4) is 0 Å². The highest BCUT2D eigenvalue weighted by molar-refractivity contribution is 6.30. The van der Waals surface area contributed by atoms with Gasteiger partial charge in [0.05, 0.1) is 0 Å². The van der Waals surface area contributed by atoms with E-state index in [9.17, 15) is 9.59 Å². The maximum absolute atomic E-state index is 13.1. The number of benzene rings is 2. The highest BCUT2D eigenvalue weighted by atomic mass is 35.5. The molecule has 3 rings (SSSR count). The summed E-state index contributed by atoms with van der Waals surface area (Å²) in [6.45, 7) is 4.01. The Labute approximate surface area is 176 Å². The molecule has 1 amide bonds. The summed E-state index contributed by atoms with van der Waals surface area (Å²) in [5, 5.41) is 3.47. The molecule has 0 saturated carbocycles. The van der Waals surface area contributed by atoms with Crippen LogP contribution in [0.15, 0.2) is 65.5 Å². The predicted octanol–water partition coefficient (Wildman–Crippen LogP) is 5.78. The molecule has 0 saturated heterocycles. The number of carbonyl (C=O) groups excluding carboxylic acids is 1. The number of nitrogens with zero attached hydrogens (tertiary/aromatic N) is 1. The predicted molar refractivity (Wildman–Crippen MR) is 119 cm³/mol. The van der Waals surface area contributed by atoms with Crippen LogP contribution in [0, 0.1) is 6.92 Å². The normalized spacial score (nSPS) is 10.7. The number of aryl methyl sites for hydroxylation is 1. The zero-order chi connectivity index (χ0) is 20.8. The van der Waals surface area contributed by atoms with E-state index in [0.29, 0.717) is 17.1 Å². The van der Waals surface area contributed by atoms with Gasteiger partial charge in [0, 0.05) is 33.9 Å². The zero-order valence-electron chi connectivity index (χ0n) is 16.7. The van der Waals surface area contributed by atoms with Crippen LogP contribution < -0.4 is 10.7 Å². The van der Waals surface area contributed by atoms with Crippen molar-refractivity contribution in [3.8, 4) is 5.69 Å². The standard InChI is InChI=1S/C24H25ClN2O2/c1-3-4-6-14-21-23(24(29)26-19-11-7-5-8-12-19)22(28)15-17(2)27(21)20-13-9-10-18(25)16-20/h5,7-13,15-16H,3-4,6,14H2,1-2H3,(H,26,29). The maximum atomic E-state index is 13.1. The molecular formula is C24H25ClN2O2. The summed E-state index contributed by atoms with van der Waals surface area (Å²) < 4.78 is 1.98. The molecular weight excluding hydrogens is 384 g/mol. The van der Waals surface area contributed by atoms with Gasteiger partial charge in [-0.3, -0.25) is 9.59 Å². The fourth-order valence-corrected chi connectivity index (χ4v) is 3.69. The van der Waals surface area contributed by atoms with E-state index in [1.54, 1.807) is 12.1 Å². The SMILES string of the molecule is CCCCCc1c(C(=O)Nc2ccccc2)c(=O)cc(C)n1-c1cccc(Cl)c1. The first-order valence-corrected chi connectivity index (χ1v) is 10.3. The van der Waals surface area contributed by atoms with E-state index in [4.69, 9.17) is 11.6 Å². The molecule has 0 bridgehead atoms. The van der Waals surface area contributed by atoms with Gasteiger partial charge in [-0.05, 0) is 50.1 Å². The molecule has 0 unspecified atom stereocenters. The minimum Gasteiger partial charge on any atom is -0.322 e. The van der Waals surface area contributed by atoms with Crippen LogP contribution in [-0.4, -0.2) is 10.5 Å². The van der Waals surface area contributed by atoms with Crippen molar-refractivity contribution >= 4 is 23.2 Å². The van der Waals surface area contributed by atoms with Crippen LogP contribution in [0.4, 0.5) is 5.69 Å². The third-order valence-corrected chi connectivity index (χ3v) is 5.07. The van der Waals surface area contributed by atoms with Crippen LogP contribution in [0.5, 0.6) is 0 Å². The van der Waals surface area contributed by atoms with Crippen molar-refractivity contribution in [1.29, 1.82) is 0 Å². The smallest absolute Gasteiger partial charge is 0.261 e. The molecule has 0 fully saturated rings. The lowest BCUT2D eigenvalue weighted by Crippen LogP contribution is -2.28. The minimum absolute atomic E-state index is 0.190. The number of halogens is 1. The van der Waals surface area contributed by atoms with Crippen molar-refractivity contribution in [3.05, 3.63) is 92.9 Å². The summed E-state index contributed by atoms with van der Waals surface area (Å²) in [5.41, 5.74) is 2.93. The average Bonchev–Trinajstić information content (AvgIpc) is 2.68. The van der Waals surface area contributed by atoms with Crippen molar-refractivity contribution in [2.24, 2.45) is 0 Å². The number of nitrogens with one attached hydrogen (secondary N) is 1. The summed E-state index contributed by atoms with van der Waals surface area (Å²) in [6.07, 6.45) is 3.61. The maximum Gasteiger partial charge on any atom is 0.261 e. The minimum atomic E-state index is -0.386. The van der Waals surface area contributed by atoms with Gasteiger partial charge in [0.2, 0.25) is 0 Å². The number of aromatic nitrogens is 1. The van der Waals surface area contributed by atoms with Gasteiger partial charge in [0.15, 0.2) is 5.43 Å². The van der Waals surface area contributed by atoms with Crippen molar-refractivity contribution in [2.45, 2.75) is 39.5 Å². The number of para-hydroxylation sites is 1. The molecule has 0 radical (unpaired) electrons. The van der Waals surface area contributed by atoms with Crippen molar-refractivity contribution in [1.82, 2.24) is 4.57 Å². The number of hydrogen-bond acceptors (Lipinski definition) is 2. The Balaban J connectivity index is 2.14. The summed E-state index contributed by atoms with van der Waals surface area (Å²) >= 11 is 6.21. The second kappa shape index (κ2) is 9.57. The van der Waals surface area contributed by atoms with Gasteiger partial charge in [-0.1, -0.05) is 55.6 Å². The van der Waals surface area contributed by atoms with Gasteiger partial charge in [0.1, 0.15) is 5.56 Å². The molecule has 4 nitrogen and oxygen atoms in total. The molecule has 5 heteroatoms. The molecule has 0 atom stereocenters. The first kappa shape index (κ1) is 20.9. The van der Waals surface area contributed by atoms with E-state index in [2.05, 4.69) is 12.2 Å². The van der Waals surface area contributed by atoms with E-state index >= 15 is 0 Å². The van der Waals surface area contributed by atoms with Crippen LogP contribution in [-0.2, 0) is 6.42 Å². The Morgan fingerprint density at radius 2 is 1.79 bits per heavy atom. The summed E-state index contributed by atoms with van der Waals surface area (Å²) in [7, 11) is 0. The van der Waals surface area contributed by atoms with E-state index in [0.717, 1.165) is 36.3 Å². The molecule has 0 aliphatic heterocycles. The van der Waals surface area contributed by atoms with Gasteiger partial charge in [0.25, 0.3) is 5.91 Å². The Morgan fingerprint density at radius 3 is 2.48 bits per heavy atom. The Kier molecular flexibility index (Phi) is 6.89. The summed E-state index contributed by atoms with van der Waals surface area (Å²) in [6, 6.07) is 18.2. The Hall–Kier alpha value is -2.85. The largest absolute Gasteiger partial charge is 0.322 e. The fourth-order valence-electron chi connectivity index (χ4n) is 3.51. The molecule has 2 aromatic carbocycles. The number of rotatable bonds is 7. The number of carbonyl (C=O) groups is 1. The molecule has 1 heterocycles. The molecule has 3 aromatic rings. The monoisotopic (exact) mass is 408 g/mol. The summed E-state index contributed by atoms with van der Waals surface area (Å²) in [5.74, 6) is -0.386. The lowest BCUT2D eigenvalue weighted by atomic mass is 10.0. The van der Waals surface area contributed by atoms with Gasteiger partial charge in [-0.2, -0.15) is 0 Å². The quantitative estimate of drug-likeness (QED) is 0.503. The second-order valence-electron chi connectivity index (χ2n) is 7.06. The molecule has 150 valence electrons.